The number of nitrogens with two attached hydrogens (primary N) is 1. The molecule has 1 heterocycles. The van der Waals surface area contributed by atoms with Crippen LogP contribution in [-0.4, -0.2) is 22.6 Å². The first kappa shape index (κ1) is 12.2. The van der Waals surface area contributed by atoms with Gasteiger partial charge in [-0.2, -0.15) is 5.10 Å². The number of aromatic amines is 1. The molecular weight excluding hydrogens is 240 g/mol. The number of H-pyrrole nitrogens is 1. The van der Waals surface area contributed by atoms with E-state index in [0.29, 0.717) is 12.5 Å². The molecule has 100 valence electrons. The fraction of sp³-hybridized carbons (Fsp3) is 0.429. The summed E-state index contributed by atoms with van der Waals surface area (Å²) in [4.78, 5) is 12.3. The Hall–Kier alpha value is -1.88. The summed E-state index contributed by atoms with van der Waals surface area (Å²) in [5, 5.41) is 10.9. The quantitative estimate of drug-likeness (QED) is 0.786. The Kier molecular flexibility index (Phi) is 3.21. The molecule has 1 saturated carbocycles. The number of nitrogens with zero attached hydrogens (tertiary/aromatic N) is 1. The van der Waals surface area contributed by atoms with E-state index in [2.05, 4.69) is 15.5 Å². The van der Waals surface area contributed by atoms with Crippen molar-refractivity contribution in [2.24, 2.45) is 17.6 Å². The number of amides is 1. The summed E-state index contributed by atoms with van der Waals surface area (Å²) in [5.74, 6) is 0.485. The van der Waals surface area contributed by atoms with Gasteiger partial charge in [0.2, 0.25) is 5.91 Å². The average molecular weight is 258 g/mol. The highest BCUT2D eigenvalue weighted by Gasteiger charge is 2.31. The smallest absolute Gasteiger partial charge is 0.227 e. The van der Waals surface area contributed by atoms with E-state index < -0.39 is 0 Å². The van der Waals surface area contributed by atoms with Gasteiger partial charge in [0.05, 0.1) is 11.7 Å². The number of carbonyl (C=O) groups is 1. The van der Waals surface area contributed by atoms with Crippen LogP contribution in [0, 0.1) is 11.8 Å². The van der Waals surface area contributed by atoms with Gasteiger partial charge in [-0.1, -0.05) is 6.42 Å². The first-order valence-electron chi connectivity index (χ1n) is 6.72. The molecule has 1 aliphatic carbocycles. The molecule has 1 fully saturated rings. The predicted octanol–water partition coefficient (Wildman–Crippen LogP) is 1.88. The Balaban J connectivity index is 1.74. The summed E-state index contributed by atoms with van der Waals surface area (Å²) in [6, 6.07) is 5.75. The van der Waals surface area contributed by atoms with E-state index in [-0.39, 0.29) is 11.8 Å². The maximum atomic E-state index is 12.3. The van der Waals surface area contributed by atoms with Crippen molar-refractivity contribution in [3.63, 3.8) is 0 Å². The first-order valence-corrected chi connectivity index (χ1v) is 6.72. The lowest BCUT2D eigenvalue weighted by molar-refractivity contribution is -0.120. The largest absolute Gasteiger partial charge is 0.330 e. The van der Waals surface area contributed by atoms with Crippen molar-refractivity contribution in [3.8, 4) is 0 Å². The molecule has 3 rings (SSSR count). The van der Waals surface area contributed by atoms with Gasteiger partial charge in [0.25, 0.3) is 0 Å². The van der Waals surface area contributed by atoms with Crippen LogP contribution in [0.5, 0.6) is 0 Å². The van der Waals surface area contributed by atoms with Gasteiger partial charge in [-0.05, 0) is 43.5 Å². The van der Waals surface area contributed by atoms with Crippen LogP contribution in [0.4, 0.5) is 5.69 Å². The topological polar surface area (TPSA) is 83.8 Å². The highest BCUT2D eigenvalue weighted by molar-refractivity contribution is 5.95. The molecule has 0 radical (unpaired) electrons. The van der Waals surface area contributed by atoms with Crippen molar-refractivity contribution in [3.05, 3.63) is 24.4 Å². The Morgan fingerprint density at radius 3 is 3.21 bits per heavy atom. The molecule has 1 aromatic carbocycles. The van der Waals surface area contributed by atoms with Crippen molar-refractivity contribution in [1.82, 2.24) is 10.2 Å². The van der Waals surface area contributed by atoms with E-state index in [0.717, 1.165) is 35.9 Å². The van der Waals surface area contributed by atoms with E-state index in [1.165, 1.54) is 0 Å². The van der Waals surface area contributed by atoms with Crippen LogP contribution in [0.25, 0.3) is 10.9 Å². The van der Waals surface area contributed by atoms with Crippen LogP contribution < -0.4 is 11.1 Å². The number of benzene rings is 1. The van der Waals surface area contributed by atoms with Crippen molar-refractivity contribution >= 4 is 22.5 Å². The van der Waals surface area contributed by atoms with Crippen molar-refractivity contribution in [1.29, 1.82) is 0 Å². The highest BCUT2D eigenvalue weighted by Crippen LogP contribution is 2.32. The number of fused-ring (bicyclic) bond motifs is 1. The van der Waals surface area contributed by atoms with Gasteiger partial charge in [-0.15, -0.1) is 0 Å². The molecule has 0 bridgehead atoms. The summed E-state index contributed by atoms with van der Waals surface area (Å²) >= 11 is 0. The average Bonchev–Trinajstić information content (AvgIpc) is 3.06. The standard InChI is InChI=1S/C14H18N4O/c15-7-9-2-1-3-12(9)14(19)17-11-4-5-13-10(6-11)8-16-18-13/h4-6,8-9,12H,1-3,7,15H2,(H,16,18)(H,17,19). The number of carbonyl (C=O) groups excluding carboxylic acids is 1. The number of anilines is 1. The van der Waals surface area contributed by atoms with Gasteiger partial charge in [0, 0.05) is 17.0 Å². The molecule has 5 nitrogen and oxygen atoms in total. The normalized spacial score (nSPS) is 22.8. The molecule has 19 heavy (non-hydrogen) atoms. The zero-order chi connectivity index (χ0) is 13.2. The predicted molar refractivity (Wildman–Crippen MR) is 74.6 cm³/mol. The molecule has 1 aliphatic rings. The molecule has 0 spiro atoms. The maximum absolute atomic E-state index is 12.3. The summed E-state index contributed by atoms with van der Waals surface area (Å²) in [5.41, 5.74) is 7.52. The van der Waals surface area contributed by atoms with Crippen LogP contribution in [0.1, 0.15) is 19.3 Å². The Morgan fingerprint density at radius 2 is 2.37 bits per heavy atom. The number of hydrogen-bond donors (Lipinski definition) is 3. The maximum Gasteiger partial charge on any atom is 0.227 e. The number of rotatable bonds is 3. The number of hydrogen-bond acceptors (Lipinski definition) is 3. The minimum atomic E-state index is 0.0602. The van der Waals surface area contributed by atoms with Crippen LogP contribution >= 0.6 is 0 Å². The lowest BCUT2D eigenvalue weighted by Crippen LogP contribution is -2.29. The van der Waals surface area contributed by atoms with Crippen molar-refractivity contribution < 1.29 is 4.79 Å². The molecule has 0 aliphatic heterocycles. The van der Waals surface area contributed by atoms with E-state index in [9.17, 15) is 4.79 Å². The van der Waals surface area contributed by atoms with Crippen LogP contribution in [0.15, 0.2) is 24.4 Å². The molecule has 1 aromatic heterocycles. The van der Waals surface area contributed by atoms with Gasteiger partial charge in [0.15, 0.2) is 0 Å². The monoisotopic (exact) mass is 258 g/mol. The lowest BCUT2D eigenvalue weighted by atomic mass is 9.95. The second kappa shape index (κ2) is 5.01. The minimum Gasteiger partial charge on any atom is -0.330 e. The van der Waals surface area contributed by atoms with Gasteiger partial charge in [-0.25, -0.2) is 0 Å². The van der Waals surface area contributed by atoms with Gasteiger partial charge >= 0.3 is 0 Å². The number of nitrogens with one attached hydrogen (secondary N) is 2. The fourth-order valence-corrected chi connectivity index (χ4v) is 2.92. The molecule has 1 amide bonds. The van der Waals surface area contributed by atoms with E-state index in [1.807, 2.05) is 18.2 Å². The molecule has 2 atom stereocenters. The van der Waals surface area contributed by atoms with Crippen molar-refractivity contribution in [2.75, 3.05) is 11.9 Å². The third kappa shape index (κ3) is 2.33. The zero-order valence-corrected chi connectivity index (χ0v) is 10.7. The number of aromatic nitrogens is 2. The zero-order valence-electron chi connectivity index (χ0n) is 10.7. The molecule has 4 N–H and O–H groups in total. The fourth-order valence-electron chi connectivity index (χ4n) is 2.92. The Morgan fingerprint density at radius 1 is 1.47 bits per heavy atom. The van der Waals surface area contributed by atoms with Gasteiger partial charge in [-0.3, -0.25) is 9.89 Å². The highest BCUT2D eigenvalue weighted by atomic mass is 16.1. The van der Waals surface area contributed by atoms with Crippen LogP contribution in [-0.2, 0) is 4.79 Å². The van der Waals surface area contributed by atoms with E-state index >= 15 is 0 Å². The summed E-state index contributed by atoms with van der Waals surface area (Å²) in [7, 11) is 0. The van der Waals surface area contributed by atoms with Gasteiger partial charge in [0.1, 0.15) is 0 Å². The Bertz CT molecular complexity index is 592. The van der Waals surface area contributed by atoms with Gasteiger partial charge < -0.3 is 11.1 Å². The first-order chi connectivity index (χ1) is 9.28. The van der Waals surface area contributed by atoms with Crippen molar-refractivity contribution in [2.45, 2.75) is 19.3 Å². The van der Waals surface area contributed by atoms with Crippen LogP contribution in [0.2, 0.25) is 0 Å². The summed E-state index contributed by atoms with van der Waals surface area (Å²) < 4.78 is 0. The molecular formula is C14H18N4O. The van der Waals surface area contributed by atoms with E-state index in [1.54, 1.807) is 6.20 Å². The third-order valence-corrected chi connectivity index (χ3v) is 4.01. The summed E-state index contributed by atoms with van der Waals surface area (Å²) in [6.45, 7) is 0.596. The third-order valence-electron chi connectivity index (χ3n) is 4.01. The molecule has 2 unspecified atom stereocenters. The molecule has 5 heteroatoms. The molecule has 0 saturated heterocycles. The lowest BCUT2D eigenvalue weighted by Gasteiger charge is -2.17. The second-order valence-electron chi connectivity index (χ2n) is 5.19. The SMILES string of the molecule is NCC1CCCC1C(=O)Nc1ccc2[nH]ncc2c1. The van der Waals surface area contributed by atoms with E-state index in [4.69, 9.17) is 5.73 Å². The summed E-state index contributed by atoms with van der Waals surface area (Å²) in [6.07, 6.45) is 4.86. The minimum absolute atomic E-state index is 0.0602. The Labute approximate surface area is 111 Å². The molecule has 2 aromatic rings. The van der Waals surface area contributed by atoms with Crippen LogP contribution in [0.3, 0.4) is 0 Å². The second-order valence-corrected chi connectivity index (χ2v) is 5.19.